The van der Waals surface area contributed by atoms with Crippen LogP contribution in [0.5, 0.6) is 0 Å². The molecule has 13 nitrogen and oxygen atoms in total. The zero-order valence-corrected chi connectivity index (χ0v) is 20.5. The number of nitro groups is 1. The number of aliphatic hydroxyl groups excluding tert-OH is 2. The number of benzene rings is 1. The van der Waals surface area contributed by atoms with E-state index in [1.807, 2.05) is 4.90 Å². The van der Waals surface area contributed by atoms with E-state index in [2.05, 4.69) is 15.3 Å². The fourth-order valence-electron chi connectivity index (χ4n) is 5.64. The van der Waals surface area contributed by atoms with Gasteiger partial charge >= 0.3 is 0 Å². The average molecular weight is 512 g/mol. The summed E-state index contributed by atoms with van der Waals surface area (Å²) in [5, 5.41) is 46.0. The molecule has 0 spiro atoms. The summed E-state index contributed by atoms with van der Waals surface area (Å²) in [7, 11) is 0. The van der Waals surface area contributed by atoms with Gasteiger partial charge in [-0.05, 0) is 44.2 Å². The molecule has 13 heteroatoms. The predicted molar refractivity (Wildman–Crippen MR) is 132 cm³/mol. The quantitative estimate of drug-likeness (QED) is 0.287. The maximum Gasteiger partial charge on any atom is 0.269 e. The number of non-ortho nitro benzene ring substituents is 1. The normalized spacial score (nSPS) is 31.3. The number of nitrogens with one attached hydrogen (secondary N) is 1. The van der Waals surface area contributed by atoms with E-state index in [4.69, 9.17) is 9.72 Å². The van der Waals surface area contributed by atoms with Crippen LogP contribution in [0.4, 0.5) is 17.5 Å². The second-order valence-corrected chi connectivity index (χ2v) is 10.5. The third kappa shape index (κ3) is 4.07. The van der Waals surface area contributed by atoms with E-state index in [1.54, 1.807) is 30.5 Å². The average Bonchev–Trinajstić information content (AvgIpc) is 3.33. The first-order valence-corrected chi connectivity index (χ1v) is 12.4. The molecule has 2 fully saturated rings. The summed E-state index contributed by atoms with van der Waals surface area (Å²) < 4.78 is 7.56. The highest BCUT2D eigenvalue weighted by Crippen LogP contribution is 2.39. The molecule has 1 saturated carbocycles. The maximum atomic E-state index is 11.3. The smallest absolute Gasteiger partial charge is 0.269 e. The Bertz CT molecular complexity index is 1370. The van der Waals surface area contributed by atoms with Gasteiger partial charge in [0.1, 0.15) is 18.5 Å². The van der Waals surface area contributed by atoms with E-state index in [-0.39, 0.29) is 11.7 Å². The Morgan fingerprint density at radius 2 is 2.00 bits per heavy atom. The van der Waals surface area contributed by atoms with Crippen molar-refractivity contribution < 1.29 is 25.0 Å². The molecule has 4 heterocycles. The van der Waals surface area contributed by atoms with Crippen molar-refractivity contribution in [2.24, 2.45) is 0 Å². The van der Waals surface area contributed by atoms with E-state index in [0.717, 1.165) is 11.1 Å². The first kappa shape index (κ1) is 24.0. The van der Waals surface area contributed by atoms with Gasteiger partial charge in [-0.3, -0.25) is 14.7 Å². The number of aliphatic hydroxyl groups is 3. The molecule has 0 amide bonds. The summed E-state index contributed by atoms with van der Waals surface area (Å²) in [6.07, 6.45) is -0.620. The zero-order chi connectivity index (χ0) is 26.1. The molecular weight excluding hydrogens is 482 g/mol. The predicted octanol–water partition coefficient (Wildman–Crippen LogP) is 1.26. The molecule has 0 radical (unpaired) electrons. The molecule has 1 aliphatic carbocycles. The van der Waals surface area contributed by atoms with Gasteiger partial charge in [-0.15, -0.1) is 0 Å². The van der Waals surface area contributed by atoms with Crippen molar-refractivity contribution >= 4 is 28.6 Å². The van der Waals surface area contributed by atoms with Gasteiger partial charge < -0.3 is 30.3 Å². The number of aromatic nitrogens is 4. The summed E-state index contributed by atoms with van der Waals surface area (Å²) >= 11 is 0. The number of anilines is 2. The topological polar surface area (TPSA) is 172 Å². The standard InChI is InChI=1S/C24H29N7O6/c1-12-18(32)19(33)22(37-12)30-21-17(28-23(30)27-15-8-24(2,34)9-15)20(25-11-26-21)29-6-5-13-3-4-16(31(35)36)7-14(13)10-29/h3-4,7,11-12,15,18-19,22,32-34H,5-6,8-10H2,1-2H3,(H,27,28)/t12-,15?,18-,19-,22-,24?/m1/s1. The number of fused-ring (bicyclic) bond motifs is 2. The van der Waals surface area contributed by atoms with Crippen LogP contribution in [0.1, 0.15) is 44.0 Å². The first-order valence-electron chi connectivity index (χ1n) is 12.4. The number of rotatable bonds is 5. The highest BCUT2D eigenvalue weighted by molar-refractivity contribution is 5.86. The fourth-order valence-corrected chi connectivity index (χ4v) is 5.64. The monoisotopic (exact) mass is 511 g/mol. The second kappa shape index (κ2) is 8.58. The summed E-state index contributed by atoms with van der Waals surface area (Å²) in [5.74, 6) is 0.960. The van der Waals surface area contributed by atoms with Gasteiger partial charge in [-0.25, -0.2) is 15.0 Å². The Balaban J connectivity index is 1.40. The Labute approximate surface area is 211 Å². The SMILES string of the molecule is C[C@H]1O[C@@H](n2c(NC3CC(C)(O)C3)nc3c(N4CCc5ccc([N+](=O)[O-])cc5C4)ncnc32)[C@H](O)[C@@H]1O. The number of ether oxygens (including phenoxy) is 1. The van der Waals surface area contributed by atoms with Gasteiger partial charge in [0, 0.05) is 31.3 Å². The van der Waals surface area contributed by atoms with Crippen molar-refractivity contribution in [2.75, 3.05) is 16.8 Å². The van der Waals surface area contributed by atoms with Crippen LogP contribution in [-0.4, -0.2) is 76.3 Å². The van der Waals surface area contributed by atoms with Gasteiger partial charge in [0.15, 0.2) is 23.2 Å². The molecule has 1 saturated heterocycles. The molecule has 3 aromatic rings. The van der Waals surface area contributed by atoms with Crippen molar-refractivity contribution in [1.82, 2.24) is 19.5 Å². The molecule has 37 heavy (non-hydrogen) atoms. The number of hydrogen-bond acceptors (Lipinski definition) is 11. The van der Waals surface area contributed by atoms with Crippen LogP contribution in [0, 0.1) is 10.1 Å². The Hall–Kier alpha value is -3.39. The summed E-state index contributed by atoms with van der Waals surface area (Å²) in [4.78, 5) is 26.7. The van der Waals surface area contributed by atoms with Crippen molar-refractivity contribution in [2.45, 2.75) is 75.8 Å². The molecular formula is C24H29N7O6. The molecule has 1 aromatic carbocycles. The van der Waals surface area contributed by atoms with Crippen LogP contribution in [-0.2, 0) is 17.7 Å². The molecule has 2 aromatic heterocycles. The molecule has 3 aliphatic rings. The van der Waals surface area contributed by atoms with Gasteiger partial charge in [0.25, 0.3) is 5.69 Å². The molecule has 0 unspecified atom stereocenters. The van der Waals surface area contributed by atoms with Gasteiger partial charge in [0.2, 0.25) is 5.95 Å². The van der Waals surface area contributed by atoms with Crippen LogP contribution in [0.3, 0.4) is 0 Å². The third-order valence-electron chi connectivity index (χ3n) is 7.61. The van der Waals surface area contributed by atoms with Gasteiger partial charge in [-0.2, -0.15) is 0 Å². The van der Waals surface area contributed by atoms with Crippen LogP contribution in [0.2, 0.25) is 0 Å². The second-order valence-electron chi connectivity index (χ2n) is 10.5. The minimum absolute atomic E-state index is 0.0368. The summed E-state index contributed by atoms with van der Waals surface area (Å²) in [5.41, 5.74) is 2.11. The lowest BCUT2D eigenvalue weighted by Gasteiger charge is -2.41. The van der Waals surface area contributed by atoms with E-state index in [0.29, 0.717) is 55.3 Å². The number of imidazole rings is 1. The number of nitro benzene ring substituents is 1. The maximum absolute atomic E-state index is 11.3. The Morgan fingerprint density at radius 1 is 1.22 bits per heavy atom. The Kier molecular flexibility index (Phi) is 5.56. The van der Waals surface area contributed by atoms with Gasteiger partial charge in [0.05, 0.1) is 16.6 Å². The molecule has 4 atom stereocenters. The summed E-state index contributed by atoms with van der Waals surface area (Å²) in [6, 6.07) is 4.89. The van der Waals surface area contributed by atoms with Gasteiger partial charge in [-0.1, -0.05) is 6.07 Å². The molecule has 0 bridgehead atoms. The van der Waals surface area contributed by atoms with E-state index in [9.17, 15) is 25.4 Å². The van der Waals surface area contributed by atoms with Crippen molar-refractivity contribution in [1.29, 1.82) is 0 Å². The van der Waals surface area contributed by atoms with Crippen LogP contribution in [0.25, 0.3) is 11.2 Å². The minimum atomic E-state index is -1.20. The van der Waals surface area contributed by atoms with Crippen molar-refractivity contribution in [3.8, 4) is 0 Å². The zero-order valence-electron chi connectivity index (χ0n) is 20.5. The molecule has 2 aliphatic heterocycles. The van der Waals surface area contributed by atoms with Crippen molar-refractivity contribution in [3.05, 3.63) is 45.8 Å². The molecule has 4 N–H and O–H groups in total. The van der Waals surface area contributed by atoms with Crippen molar-refractivity contribution in [3.63, 3.8) is 0 Å². The number of hydrogen-bond donors (Lipinski definition) is 4. The third-order valence-corrected chi connectivity index (χ3v) is 7.61. The highest BCUT2D eigenvalue weighted by Gasteiger charge is 2.45. The summed E-state index contributed by atoms with van der Waals surface area (Å²) in [6.45, 7) is 4.52. The molecule has 196 valence electrons. The molecule has 6 rings (SSSR count). The van der Waals surface area contributed by atoms with Crippen LogP contribution in [0.15, 0.2) is 24.5 Å². The Morgan fingerprint density at radius 3 is 2.68 bits per heavy atom. The van der Waals surface area contributed by atoms with E-state index >= 15 is 0 Å². The van der Waals surface area contributed by atoms with E-state index < -0.39 is 35.1 Å². The van der Waals surface area contributed by atoms with Crippen LogP contribution >= 0.6 is 0 Å². The van der Waals surface area contributed by atoms with Crippen LogP contribution < -0.4 is 10.2 Å². The lowest BCUT2D eigenvalue weighted by Crippen LogP contribution is -2.48. The lowest BCUT2D eigenvalue weighted by molar-refractivity contribution is -0.384. The lowest BCUT2D eigenvalue weighted by atomic mass is 9.77. The highest BCUT2D eigenvalue weighted by atomic mass is 16.6. The fraction of sp³-hybridized carbons (Fsp3) is 0.542. The first-order chi connectivity index (χ1) is 17.6. The van der Waals surface area contributed by atoms with E-state index in [1.165, 1.54) is 12.4 Å². The number of nitrogens with zero attached hydrogens (tertiary/aromatic N) is 6. The minimum Gasteiger partial charge on any atom is -0.390 e. The largest absolute Gasteiger partial charge is 0.390 e.